The molecule has 0 aromatic carbocycles. The summed E-state index contributed by atoms with van der Waals surface area (Å²) >= 11 is 1.70. The van der Waals surface area contributed by atoms with E-state index in [9.17, 15) is 4.79 Å². The molecule has 2 N–H and O–H groups in total. The molecule has 0 bridgehead atoms. The smallest absolute Gasteiger partial charge is 0.221 e. The Morgan fingerprint density at radius 3 is 2.94 bits per heavy atom. The van der Waals surface area contributed by atoms with Gasteiger partial charge in [-0.3, -0.25) is 4.79 Å². The highest BCUT2D eigenvalue weighted by Gasteiger charge is 2.05. The maximum absolute atomic E-state index is 11.3. The van der Waals surface area contributed by atoms with E-state index in [0.29, 0.717) is 12.5 Å². The lowest BCUT2D eigenvalue weighted by atomic mass is 10.2. The third kappa shape index (κ3) is 4.77. The fraction of sp³-hybridized carbons (Fsp3) is 0.583. The van der Waals surface area contributed by atoms with E-state index in [2.05, 4.69) is 41.3 Å². The van der Waals surface area contributed by atoms with E-state index in [4.69, 9.17) is 0 Å². The molecule has 1 aromatic rings. The van der Waals surface area contributed by atoms with Gasteiger partial charge in [0, 0.05) is 25.6 Å². The van der Waals surface area contributed by atoms with Gasteiger partial charge in [-0.2, -0.15) is 11.3 Å². The highest BCUT2D eigenvalue weighted by molar-refractivity contribution is 7.07. The first kappa shape index (κ1) is 13.2. The predicted molar refractivity (Wildman–Crippen MR) is 68.7 cm³/mol. The Kier molecular flexibility index (Phi) is 6.11. The zero-order valence-corrected chi connectivity index (χ0v) is 10.8. The molecule has 1 rings (SSSR count). The molecule has 1 atom stereocenters. The number of hydrogen-bond acceptors (Lipinski definition) is 3. The van der Waals surface area contributed by atoms with E-state index >= 15 is 0 Å². The second kappa shape index (κ2) is 7.41. The van der Waals surface area contributed by atoms with Crippen molar-refractivity contribution in [2.24, 2.45) is 0 Å². The maximum atomic E-state index is 11.3. The SMILES string of the molecule is CCCNC(=O)CCNC(C)c1ccsc1. The van der Waals surface area contributed by atoms with Gasteiger partial charge in [0.05, 0.1) is 0 Å². The van der Waals surface area contributed by atoms with Crippen LogP contribution in [-0.2, 0) is 4.79 Å². The van der Waals surface area contributed by atoms with E-state index in [1.807, 2.05) is 0 Å². The van der Waals surface area contributed by atoms with Crippen molar-refractivity contribution in [3.63, 3.8) is 0 Å². The Morgan fingerprint density at radius 2 is 2.31 bits per heavy atom. The van der Waals surface area contributed by atoms with Crippen molar-refractivity contribution in [1.82, 2.24) is 10.6 Å². The van der Waals surface area contributed by atoms with Crippen LogP contribution in [0.2, 0.25) is 0 Å². The van der Waals surface area contributed by atoms with Gasteiger partial charge in [-0.05, 0) is 35.7 Å². The number of hydrogen-bond donors (Lipinski definition) is 2. The van der Waals surface area contributed by atoms with Crippen LogP contribution in [0.3, 0.4) is 0 Å². The summed E-state index contributed by atoms with van der Waals surface area (Å²) in [6.07, 6.45) is 1.54. The van der Waals surface area contributed by atoms with Gasteiger partial charge in [0.15, 0.2) is 0 Å². The van der Waals surface area contributed by atoms with Gasteiger partial charge in [0.25, 0.3) is 0 Å². The number of carbonyl (C=O) groups excluding carboxylic acids is 1. The molecule has 0 spiro atoms. The van der Waals surface area contributed by atoms with Gasteiger partial charge < -0.3 is 10.6 Å². The minimum absolute atomic E-state index is 0.131. The van der Waals surface area contributed by atoms with Gasteiger partial charge in [0.1, 0.15) is 0 Å². The quantitative estimate of drug-likeness (QED) is 0.768. The molecule has 0 radical (unpaired) electrons. The van der Waals surface area contributed by atoms with Crippen LogP contribution in [0.15, 0.2) is 16.8 Å². The fourth-order valence-corrected chi connectivity index (χ4v) is 2.15. The molecular weight excluding hydrogens is 220 g/mol. The molecule has 1 heterocycles. The third-order valence-corrected chi connectivity index (χ3v) is 3.12. The summed E-state index contributed by atoms with van der Waals surface area (Å²) in [5, 5.41) is 10.4. The van der Waals surface area contributed by atoms with Crippen LogP contribution in [0.5, 0.6) is 0 Å². The predicted octanol–water partition coefficient (Wildman–Crippen LogP) is 2.32. The second-order valence-corrected chi connectivity index (χ2v) is 4.61. The number of nitrogens with one attached hydrogen (secondary N) is 2. The molecule has 1 aromatic heterocycles. The van der Waals surface area contributed by atoms with E-state index < -0.39 is 0 Å². The third-order valence-electron chi connectivity index (χ3n) is 2.42. The molecule has 0 saturated heterocycles. The molecule has 3 nitrogen and oxygen atoms in total. The van der Waals surface area contributed by atoms with Crippen LogP contribution in [0.1, 0.15) is 38.3 Å². The average Bonchev–Trinajstić information content (AvgIpc) is 2.79. The standard InChI is InChI=1S/C12H20N2OS/c1-3-6-14-12(15)4-7-13-10(2)11-5-8-16-9-11/h5,8-10,13H,3-4,6-7H2,1-2H3,(H,14,15). The molecule has 0 fully saturated rings. The summed E-state index contributed by atoms with van der Waals surface area (Å²) in [5.74, 6) is 0.131. The molecule has 1 amide bonds. The van der Waals surface area contributed by atoms with Crippen molar-refractivity contribution < 1.29 is 4.79 Å². The zero-order chi connectivity index (χ0) is 11.8. The highest BCUT2D eigenvalue weighted by Crippen LogP contribution is 2.14. The van der Waals surface area contributed by atoms with E-state index in [-0.39, 0.29) is 5.91 Å². The van der Waals surface area contributed by atoms with Crippen molar-refractivity contribution in [2.45, 2.75) is 32.7 Å². The van der Waals surface area contributed by atoms with E-state index in [1.54, 1.807) is 11.3 Å². The Balaban J connectivity index is 2.13. The first-order valence-corrected chi connectivity index (χ1v) is 6.70. The van der Waals surface area contributed by atoms with Crippen molar-refractivity contribution in [3.05, 3.63) is 22.4 Å². The van der Waals surface area contributed by atoms with Crippen molar-refractivity contribution in [1.29, 1.82) is 0 Å². The normalized spacial score (nSPS) is 12.4. The van der Waals surface area contributed by atoms with Crippen LogP contribution in [-0.4, -0.2) is 19.0 Å². The number of carbonyl (C=O) groups is 1. The lowest BCUT2D eigenvalue weighted by Crippen LogP contribution is -2.29. The first-order valence-electron chi connectivity index (χ1n) is 5.76. The highest BCUT2D eigenvalue weighted by atomic mass is 32.1. The summed E-state index contributed by atoms with van der Waals surface area (Å²) in [5.41, 5.74) is 1.29. The van der Waals surface area contributed by atoms with Gasteiger partial charge in [-0.25, -0.2) is 0 Å². The van der Waals surface area contributed by atoms with E-state index in [0.717, 1.165) is 19.5 Å². The molecule has 90 valence electrons. The number of thiophene rings is 1. The van der Waals surface area contributed by atoms with Crippen LogP contribution in [0.25, 0.3) is 0 Å². The van der Waals surface area contributed by atoms with Crippen LogP contribution >= 0.6 is 11.3 Å². The van der Waals surface area contributed by atoms with Crippen molar-refractivity contribution in [2.75, 3.05) is 13.1 Å². The summed E-state index contributed by atoms with van der Waals surface area (Å²) in [4.78, 5) is 11.3. The molecule has 0 saturated carbocycles. The molecule has 0 aliphatic carbocycles. The largest absolute Gasteiger partial charge is 0.356 e. The molecule has 1 unspecified atom stereocenters. The maximum Gasteiger partial charge on any atom is 0.221 e. The average molecular weight is 240 g/mol. The van der Waals surface area contributed by atoms with Gasteiger partial charge in [-0.15, -0.1) is 0 Å². The Morgan fingerprint density at radius 1 is 1.50 bits per heavy atom. The van der Waals surface area contributed by atoms with Crippen LogP contribution in [0, 0.1) is 0 Å². The van der Waals surface area contributed by atoms with E-state index in [1.165, 1.54) is 5.56 Å². The monoisotopic (exact) mass is 240 g/mol. The molecule has 0 aliphatic rings. The fourth-order valence-electron chi connectivity index (χ4n) is 1.39. The first-order chi connectivity index (χ1) is 7.74. The zero-order valence-electron chi connectivity index (χ0n) is 9.95. The Bertz CT molecular complexity index is 298. The Hall–Kier alpha value is -0.870. The van der Waals surface area contributed by atoms with Crippen molar-refractivity contribution in [3.8, 4) is 0 Å². The Labute approximate surface area is 101 Å². The van der Waals surface area contributed by atoms with Crippen molar-refractivity contribution >= 4 is 17.2 Å². The number of amides is 1. The lowest BCUT2D eigenvalue weighted by Gasteiger charge is -2.12. The molecule has 0 aliphatic heterocycles. The van der Waals surface area contributed by atoms with Crippen LogP contribution in [0.4, 0.5) is 0 Å². The van der Waals surface area contributed by atoms with Gasteiger partial charge in [0.2, 0.25) is 5.91 Å². The lowest BCUT2D eigenvalue weighted by molar-refractivity contribution is -0.121. The van der Waals surface area contributed by atoms with Gasteiger partial charge >= 0.3 is 0 Å². The topological polar surface area (TPSA) is 41.1 Å². The van der Waals surface area contributed by atoms with Gasteiger partial charge in [-0.1, -0.05) is 6.92 Å². The minimum atomic E-state index is 0.131. The summed E-state index contributed by atoms with van der Waals surface area (Å²) < 4.78 is 0. The van der Waals surface area contributed by atoms with Crippen LogP contribution < -0.4 is 10.6 Å². The summed E-state index contributed by atoms with van der Waals surface area (Å²) in [6, 6.07) is 2.43. The molecule has 16 heavy (non-hydrogen) atoms. The molecular formula is C12H20N2OS. The summed E-state index contributed by atoms with van der Waals surface area (Å²) in [7, 11) is 0. The minimum Gasteiger partial charge on any atom is -0.356 e. The summed E-state index contributed by atoms with van der Waals surface area (Å²) in [6.45, 7) is 5.68. The number of rotatable bonds is 7. The second-order valence-electron chi connectivity index (χ2n) is 3.83. The molecule has 4 heteroatoms.